The molecule has 1 unspecified atom stereocenters. The van der Waals surface area contributed by atoms with E-state index in [2.05, 4.69) is 63.2 Å². The van der Waals surface area contributed by atoms with Gasteiger partial charge in [-0.25, -0.2) is 4.99 Å². The summed E-state index contributed by atoms with van der Waals surface area (Å²) in [5.74, 6) is 1.27. The number of nitrogens with one attached hydrogen (secondary N) is 2. The molecule has 2 aromatic carbocycles. The first kappa shape index (κ1) is 29.3. The third-order valence-corrected chi connectivity index (χ3v) is 9.02. The lowest BCUT2D eigenvalue weighted by molar-refractivity contribution is 0.0620. The van der Waals surface area contributed by atoms with Crippen molar-refractivity contribution in [2.45, 2.75) is 38.3 Å². The number of carbonyl (C=O) groups is 1. The Balaban J connectivity index is 1.12. The monoisotopic (exact) mass is 580 g/mol. The molecule has 43 heavy (non-hydrogen) atoms. The Kier molecular flexibility index (Phi) is 9.04. The van der Waals surface area contributed by atoms with E-state index in [0.29, 0.717) is 30.4 Å². The molecule has 1 atom stereocenters. The molecule has 1 amide bonds. The van der Waals surface area contributed by atoms with Crippen molar-refractivity contribution < 1.29 is 4.79 Å². The molecule has 1 aromatic heterocycles. The Labute approximate surface area is 253 Å². The van der Waals surface area contributed by atoms with E-state index in [0.717, 1.165) is 79.8 Å². The van der Waals surface area contributed by atoms with Gasteiger partial charge in [-0.15, -0.1) is 0 Å². The number of anilines is 1. The summed E-state index contributed by atoms with van der Waals surface area (Å²) in [6.45, 7) is 11.7. The van der Waals surface area contributed by atoms with Gasteiger partial charge in [-0.1, -0.05) is 30.8 Å². The number of nitrogens with zero attached hydrogens (tertiary/aromatic N) is 4. The van der Waals surface area contributed by atoms with Gasteiger partial charge in [-0.05, 0) is 112 Å². The predicted octanol–water partition coefficient (Wildman–Crippen LogP) is 2.35. The summed E-state index contributed by atoms with van der Waals surface area (Å²) in [5.41, 5.74) is 17.2. The summed E-state index contributed by atoms with van der Waals surface area (Å²) in [6, 6.07) is 18.7. The quantitative estimate of drug-likeness (QED) is 0.261. The smallest absolute Gasteiger partial charge is 0.251 e. The van der Waals surface area contributed by atoms with Crippen molar-refractivity contribution in [3.63, 3.8) is 0 Å². The molecule has 3 fully saturated rings. The van der Waals surface area contributed by atoms with Gasteiger partial charge in [0.15, 0.2) is 0 Å². The van der Waals surface area contributed by atoms with Crippen molar-refractivity contribution >= 4 is 17.8 Å². The Bertz CT molecular complexity index is 1530. The number of H-pyrrole nitrogens is 1. The van der Waals surface area contributed by atoms with Crippen LogP contribution in [0.5, 0.6) is 0 Å². The topological polar surface area (TPSA) is 119 Å². The number of benzene rings is 2. The third-order valence-electron chi connectivity index (χ3n) is 9.02. The fourth-order valence-electron chi connectivity index (χ4n) is 6.53. The Morgan fingerprint density at radius 1 is 1.02 bits per heavy atom. The highest BCUT2D eigenvalue weighted by molar-refractivity contribution is 5.94. The first-order valence-electron chi connectivity index (χ1n) is 15.6. The molecule has 226 valence electrons. The number of amides is 1. The van der Waals surface area contributed by atoms with Crippen molar-refractivity contribution in [2.24, 2.45) is 22.4 Å². The van der Waals surface area contributed by atoms with E-state index in [4.69, 9.17) is 16.5 Å². The van der Waals surface area contributed by atoms with Crippen molar-refractivity contribution in [1.29, 1.82) is 0 Å². The Morgan fingerprint density at radius 2 is 1.72 bits per heavy atom. The van der Waals surface area contributed by atoms with E-state index < -0.39 is 0 Å². The second kappa shape index (κ2) is 13.3. The normalized spacial score (nSPS) is 21.0. The molecule has 0 saturated carbocycles. The van der Waals surface area contributed by atoms with Crippen LogP contribution in [0.15, 0.2) is 72.0 Å². The van der Waals surface area contributed by atoms with Crippen LogP contribution in [-0.2, 0) is 6.54 Å². The summed E-state index contributed by atoms with van der Waals surface area (Å²) < 4.78 is 0. The SMILES string of the molecule is C=C1N=c2[nH]c(-c3ccc(C(=O)NC4CN5CCC4CC5)cc3)cc2=CN1c1ccc(CN(CCCN)CCCN)cc1. The molecule has 4 aliphatic rings. The molecule has 9 heteroatoms. The number of hydrogen-bond donors (Lipinski definition) is 4. The number of piperidine rings is 3. The van der Waals surface area contributed by atoms with E-state index in [9.17, 15) is 4.79 Å². The van der Waals surface area contributed by atoms with Gasteiger partial charge in [0.1, 0.15) is 11.3 Å². The molecular weight excluding hydrogens is 536 g/mol. The lowest BCUT2D eigenvalue weighted by Crippen LogP contribution is -2.57. The van der Waals surface area contributed by atoms with Gasteiger partial charge in [0.2, 0.25) is 0 Å². The maximum Gasteiger partial charge on any atom is 0.251 e. The van der Waals surface area contributed by atoms with E-state index in [1.165, 1.54) is 18.4 Å². The third kappa shape index (κ3) is 6.75. The van der Waals surface area contributed by atoms with E-state index in [-0.39, 0.29) is 11.9 Å². The van der Waals surface area contributed by atoms with Crippen LogP contribution >= 0.6 is 0 Å². The van der Waals surface area contributed by atoms with Gasteiger partial charge in [0.25, 0.3) is 5.91 Å². The van der Waals surface area contributed by atoms with Gasteiger partial charge in [-0.3, -0.25) is 9.69 Å². The molecule has 2 bridgehead atoms. The molecule has 5 heterocycles. The fraction of sp³-hybridized carbons (Fsp3) is 0.412. The number of aromatic nitrogens is 1. The zero-order chi connectivity index (χ0) is 29.8. The van der Waals surface area contributed by atoms with Crippen LogP contribution in [0.25, 0.3) is 17.5 Å². The van der Waals surface area contributed by atoms with Crippen LogP contribution in [0.2, 0.25) is 0 Å². The van der Waals surface area contributed by atoms with Crippen LogP contribution in [0.3, 0.4) is 0 Å². The molecule has 9 nitrogen and oxygen atoms in total. The van der Waals surface area contributed by atoms with E-state index in [1.807, 2.05) is 29.2 Å². The molecule has 4 aliphatic heterocycles. The van der Waals surface area contributed by atoms with Gasteiger partial charge in [0, 0.05) is 47.5 Å². The van der Waals surface area contributed by atoms with Crippen LogP contribution in [0.4, 0.5) is 5.69 Å². The Hall–Kier alpha value is -3.76. The second-order valence-electron chi connectivity index (χ2n) is 12.0. The van der Waals surface area contributed by atoms with E-state index in [1.54, 1.807) is 0 Å². The lowest BCUT2D eigenvalue weighted by atomic mass is 9.84. The average molecular weight is 581 g/mol. The fourth-order valence-corrected chi connectivity index (χ4v) is 6.53. The molecular formula is C34H44N8O. The number of hydrogen-bond acceptors (Lipinski definition) is 7. The molecule has 7 rings (SSSR count). The van der Waals surface area contributed by atoms with Crippen LogP contribution in [0.1, 0.15) is 41.6 Å². The summed E-state index contributed by atoms with van der Waals surface area (Å²) >= 11 is 0. The zero-order valence-electron chi connectivity index (χ0n) is 25.0. The maximum atomic E-state index is 13.0. The standard InChI is InChI=1S/C34H44N8O/c1-24-37-33-29(22-42(24)30-10-4-25(5-11-30)21-40(16-2-14-35)17-3-15-36)20-31(38-33)26-6-8-28(9-7-26)34(43)39-32-23-41-18-12-27(32)13-19-41/h4-11,20,22,27,32H,1-3,12-19,21,23,35-36H2,(H,37,38)(H,39,43). The van der Waals surface area contributed by atoms with Crippen LogP contribution < -0.4 is 32.4 Å². The number of carbonyl (C=O) groups excluding carboxylic acids is 1. The minimum absolute atomic E-state index is 0.0104. The van der Waals surface area contributed by atoms with Crippen LogP contribution in [0, 0.1) is 5.92 Å². The van der Waals surface area contributed by atoms with Gasteiger partial charge < -0.3 is 31.6 Å². The van der Waals surface area contributed by atoms with Crippen molar-refractivity contribution in [2.75, 3.05) is 50.7 Å². The number of fused-ring (bicyclic) bond motifs is 4. The highest BCUT2D eigenvalue weighted by Gasteiger charge is 2.34. The average Bonchev–Trinajstić information content (AvgIpc) is 3.46. The lowest BCUT2D eigenvalue weighted by Gasteiger charge is -2.44. The summed E-state index contributed by atoms with van der Waals surface area (Å²) in [4.78, 5) is 28.1. The molecule has 3 saturated heterocycles. The highest BCUT2D eigenvalue weighted by Crippen LogP contribution is 2.28. The molecule has 6 N–H and O–H groups in total. The molecule has 0 spiro atoms. The zero-order valence-corrected chi connectivity index (χ0v) is 25.0. The minimum atomic E-state index is 0.0104. The highest BCUT2D eigenvalue weighted by atomic mass is 16.1. The molecule has 0 radical (unpaired) electrons. The second-order valence-corrected chi connectivity index (χ2v) is 12.0. The summed E-state index contributed by atoms with van der Waals surface area (Å²) in [7, 11) is 0. The minimum Gasteiger partial charge on any atom is -0.348 e. The van der Waals surface area contributed by atoms with E-state index >= 15 is 0 Å². The molecule has 3 aromatic rings. The predicted molar refractivity (Wildman–Crippen MR) is 173 cm³/mol. The van der Waals surface area contributed by atoms with Gasteiger partial charge in [0.05, 0.1) is 0 Å². The van der Waals surface area contributed by atoms with Gasteiger partial charge in [-0.2, -0.15) is 0 Å². The number of nitrogens with two attached hydrogens (primary N) is 2. The van der Waals surface area contributed by atoms with Crippen molar-refractivity contribution in [1.82, 2.24) is 20.1 Å². The number of rotatable bonds is 12. The van der Waals surface area contributed by atoms with Crippen LogP contribution in [-0.4, -0.2) is 72.5 Å². The van der Waals surface area contributed by atoms with Gasteiger partial charge >= 0.3 is 0 Å². The summed E-state index contributed by atoms with van der Waals surface area (Å²) in [6.07, 6.45) is 6.40. The van der Waals surface area contributed by atoms with Crippen molar-refractivity contribution in [3.8, 4) is 11.3 Å². The number of aromatic amines is 1. The maximum absolute atomic E-state index is 13.0. The summed E-state index contributed by atoms with van der Waals surface area (Å²) in [5, 5.41) is 4.28. The van der Waals surface area contributed by atoms with Crippen molar-refractivity contribution in [3.05, 3.63) is 88.8 Å². The molecule has 0 aliphatic carbocycles. The first-order valence-corrected chi connectivity index (χ1v) is 15.6. The first-order chi connectivity index (χ1) is 21.0. The Morgan fingerprint density at radius 3 is 2.35 bits per heavy atom. The largest absolute Gasteiger partial charge is 0.348 e.